The normalized spacial score (nSPS) is 24.3. The van der Waals surface area contributed by atoms with Gasteiger partial charge in [-0.1, -0.05) is 0 Å². The number of carbonyl (C=O) groups excluding carboxylic acids is 2. The zero-order chi connectivity index (χ0) is 13.8. The van der Waals surface area contributed by atoms with Crippen LogP contribution in [0, 0.1) is 0 Å². The van der Waals surface area contributed by atoms with E-state index < -0.39 is 0 Å². The maximum absolute atomic E-state index is 12.2. The van der Waals surface area contributed by atoms with Gasteiger partial charge in [0.1, 0.15) is 0 Å². The zero-order valence-corrected chi connectivity index (χ0v) is 11.8. The van der Waals surface area contributed by atoms with Crippen LogP contribution in [0.5, 0.6) is 0 Å². The molecule has 0 bridgehead atoms. The van der Waals surface area contributed by atoms with E-state index in [4.69, 9.17) is 4.74 Å². The van der Waals surface area contributed by atoms with Crippen molar-refractivity contribution >= 4 is 12.0 Å². The first-order chi connectivity index (χ1) is 9.15. The Hall–Kier alpha value is -1.30. The highest BCUT2D eigenvalue weighted by molar-refractivity contribution is 5.76. The molecule has 2 aliphatic rings. The van der Waals surface area contributed by atoms with Crippen molar-refractivity contribution in [2.75, 3.05) is 45.9 Å². The Kier molecular flexibility index (Phi) is 4.63. The third-order valence-electron chi connectivity index (χ3n) is 3.86. The summed E-state index contributed by atoms with van der Waals surface area (Å²) in [5, 5.41) is 0. The minimum absolute atomic E-state index is 0.148. The predicted molar refractivity (Wildman–Crippen MR) is 70.8 cm³/mol. The van der Waals surface area contributed by atoms with E-state index in [9.17, 15) is 9.59 Å². The number of hydrogen-bond acceptors (Lipinski definition) is 4. The number of ether oxygens (including phenoxy) is 1. The molecule has 0 aliphatic carbocycles. The quantitative estimate of drug-likeness (QED) is 0.692. The van der Waals surface area contributed by atoms with Crippen LogP contribution in [0.3, 0.4) is 0 Å². The van der Waals surface area contributed by atoms with Crippen LogP contribution in [0.1, 0.15) is 20.3 Å². The van der Waals surface area contributed by atoms with E-state index >= 15 is 0 Å². The van der Waals surface area contributed by atoms with Crippen LogP contribution in [0.25, 0.3) is 0 Å². The van der Waals surface area contributed by atoms with Gasteiger partial charge in [-0.2, -0.15) is 0 Å². The lowest BCUT2D eigenvalue weighted by Crippen LogP contribution is -2.62. The summed E-state index contributed by atoms with van der Waals surface area (Å²) < 4.78 is 4.97. The molecule has 0 radical (unpaired) electrons. The fourth-order valence-electron chi connectivity index (χ4n) is 2.83. The zero-order valence-electron chi connectivity index (χ0n) is 11.8. The monoisotopic (exact) mass is 269 g/mol. The van der Waals surface area contributed by atoms with Gasteiger partial charge in [0.15, 0.2) is 0 Å². The first-order valence-corrected chi connectivity index (χ1v) is 7.09. The molecule has 2 fully saturated rings. The Morgan fingerprint density at radius 3 is 2.79 bits per heavy atom. The molecule has 6 nitrogen and oxygen atoms in total. The van der Waals surface area contributed by atoms with Gasteiger partial charge in [-0.05, 0) is 20.3 Å². The first-order valence-electron chi connectivity index (χ1n) is 7.09. The SMILES string of the molecule is CCOC(=O)CN1CCN2C(=O)N(CC)CCC2C1. The molecule has 2 saturated heterocycles. The fourth-order valence-corrected chi connectivity index (χ4v) is 2.83. The second-order valence-electron chi connectivity index (χ2n) is 5.04. The molecule has 0 N–H and O–H groups in total. The summed E-state index contributed by atoms with van der Waals surface area (Å²) in [6, 6.07) is 0.396. The molecule has 108 valence electrons. The largest absolute Gasteiger partial charge is 0.465 e. The van der Waals surface area contributed by atoms with Gasteiger partial charge in [0.05, 0.1) is 13.2 Å². The third kappa shape index (κ3) is 3.18. The van der Waals surface area contributed by atoms with Gasteiger partial charge in [-0.15, -0.1) is 0 Å². The third-order valence-corrected chi connectivity index (χ3v) is 3.86. The van der Waals surface area contributed by atoms with Crippen molar-refractivity contribution in [3.8, 4) is 0 Å². The van der Waals surface area contributed by atoms with Crippen LogP contribution in [0.2, 0.25) is 0 Å². The number of fused-ring (bicyclic) bond motifs is 1. The number of esters is 1. The molecule has 2 heterocycles. The number of nitrogens with zero attached hydrogens (tertiary/aromatic N) is 3. The second kappa shape index (κ2) is 6.23. The average molecular weight is 269 g/mol. The highest BCUT2D eigenvalue weighted by atomic mass is 16.5. The average Bonchev–Trinajstić information content (AvgIpc) is 2.39. The Morgan fingerprint density at radius 1 is 1.32 bits per heavy atom. The molecule has 0 saturated carbocycles. The fraction of sp³-hybridized carbons (Fsp3) is 0.846. The molecule has 6 heteroatoms. The number of urea groups is 1. The van der Waals surface area contributed by atoms with Gasteiger partial charge in [0, 0.05) is 38.8 Å². The van der Waals surface area contributed by atoms with Gasteiger partial charge >= 0.3 is 12.0 Å². The molecule has 0 aromatic rings. The van der Waals surface area contributed by atoms with E-state index in [1.807, 2.05) is 23.6 Å². The van der Waals surface area contributed by atoms with Crippen LogP contribution in [0.4, 0.5) is 4.79 Å². The molecule has 2 rings (SSSR count). The summed E-state index contributed by atoms with van der Waals surface area (Å²) in [6.45, 7) is 8.42. The van der Waals surface area contributed by atoms with Crippen molar-refractivity contribution < 1.29 is 14.3 Å². The first kappa shape index (κ1) is 14.1. The van der Waals surface area contributed by atoms with Gasteiger partial charge < -0.3 is 14.5 Å². The number of rotatable bonds is 4. The van der Waals surface area contributed by atoms with Gasteiger partial charge in [-0.3, -0.25) is 9.69 Å². The molecule has 0 aromatic heterocycles. The molecule has 1 atom stereocenters. The Balaban J connectivity index is 1.88. The van der Waals surface area contributed by atoms with E-state index in [0.29, 0.717) is 19.7 Å². The van der Waals surface area contributed by atoms with Crippen molar-refractivity contribution in [1.82, 2.24) is 14.7 Å². The highest BCUT2D eigenvalue weighted by Gasteiger charge is 2.36. The lowest BCUT2D eigenvalue weighted by atomic mass is 10.1. The number of piperazine rings is 1. The Labute approximate surface area is 114 Å². The number of hydrogen-bond donors (Lipinski definition) is 0. The lowest BCUT2D eigenvalue weighted by molar-refractivity contribution is -0.145. The molecule has 0 spiro atoms. The summed E-state index contributed by atoms with van der Waals surface area (Å²) in [7, 11) is 0. The van der Waals surface area contributed by atoms with E-state index in [-0.39, 0.29) is 18.0 Å². The minimum Gasteiger partial charge on any atom is -0.465 e. The van der Waals surface area contributed by atoms with Gasteiger partial charge in [-0.25, -0.2) is 4.79 Å². The van der Waals surface area contributed by atoms with Crippen molar-refractivity contribution in [1.29, 1.82) is 0 Å². The van der Waals surface area contributed by atoms with Crippen molar-refractivity contribution in [2.45, 2.75) is 26.3 Å². The van der Waals surface area contributed by atoms with Gasteiger partial charge in [0.25, 0.3) is 0 Å². The topological polar surface area (TPSA) is 53.1 Å². The summed E-state index contributed by atoms with van der Waals surface area (Å²) in [4.78, 5) is 29.6. The lowest BCUT2D eigenvalue weighted by Gasteiger charge is -2.46. The summed E-state index contributed by atoms with van der Waals surface area (Å²) in [6.07, 6.45) is 0.985. The maximum atomic E-state index is 12.2. The molecule has 0 aromatic carbocycles. The molecule has 2 amide bonds. The maximum Gasteiger partial charge on any atom is 0.320 e. The number of amides is 2. The summed E-state index contributed by atoms with van der Waals surface area (Å²) in [5.74, 6) is -0.173. The van der Waals surface area contributed by atoms with E-state index in [1.165, 1.54) is 0 Å². The van der Waals surface area contributed by atoms with Crippen LogP contribution >= 0.6 is 0 Å². The van der Waals surface area contributed by atoms with Crippen LogP contribution in [0.15, 0.2) is 0 Å². The Morgan fingerprint density at radius 2 is 2.11 bits per heavy atom. The molecular formula is C13H23N3O3. The second-order valence-corrected chi connectivity index (χ2v) is 5.04. The minimum atomic E-state index is -0.173. The molecule has 1 unspecified atom stereocenters. The Bertz CT molecular complexity index is 348. The van der Waals surface area contributed by atoms with Crippen LogP contribution < -0.4 is 0 Å². The summed E-state index contributed by atoms with van der Waals surface area (Å²) in [5.41, 5.74) is 0. The van der Waals surface area contributed by atoms with Crippen molar-refractivity contribution in [3.63, 3.8) is 0 Å². The van der Waals surface area contributed by atoms with Gasteiger partial charge in [0.2, 0.25) is 0 Å². The van der Waals surface area contributed by atoms with E-state index in [1.54, 1.807) is 0 Å². The predicted octanol–water partition coefficient (Wildman–Crippen LogP) is 0.381. The van der Waals surface area contributed by atoms with E-state index in [2.05, 4.69) is 4.90 Å². The molecule has 19 heavy (non-hydrogen) atoms. The summed E-state index contributed by atoms with van der Waals surface area (Å²) >= 11 is 0. The molecule has 2 aliphatic heterocycles. The van der Waals surface area contributed by atoms with Crippen molar-refractivity contribution in [3.05, 3.63) is 0 Å². The standard InChI is InChI=1S/C13H23N3O3/c1-3-15-6-5-11-9-14(10-12(17)19-4-2)7-8-16(11)13(15)18/h11H,3-10H2,1-2H3. The van der Waals surface area contributed by atoms with Crippen LogP contribution in [-0.2, 0) is 9.53 Å². The number of carbonyl (C=O) groups is 2. The molecular weight excluding hydrogens is 246 g/mol. The van der Waals surface area contributed by atoms with Crippen LogP contribution in [-0.4, -0.2) is 78.6 Å². The smallest absolute Gasteiger partial charge is 0.320 e. The van der Waals surface area contributed by atoms with Crippen molar-refractivity contribution in [2.24, 2.45) is 0 Å². The highest BCUT2D eigenvalue weighted by Crippen LogP contribution is 2.20. The van der Waals surface area contributed by atoms with E-state index in [0.717, 1.165) is 32.6 Å².